The molecule has 1 aromatic carbocycles. The van der Waals surface area contributed by atoms with Crippen LogP contribution < -0.4 is 0 Å². The van der Waals surface area contributed by atoms with E-state index in [1.807, 2.05) is 11.3 Å². The van der Waals surface area contributed by atoms with Crippen molar-refractivity contribution in [2.45, 2.75) is 51.4 Å². The third kappa shape index (κ3) is 1.85. The van der Waals surface area contributed by atoms with E-state index in [4.69, 9.17) is 0 Å². The van der Waals surface area contributed by atoms with E-state index in [1.165, 1.54) is 26.7 Å². The Labute approximate surface area is 122 Å². The van der Waals surface area contributed by atoms with Gasteiger partial charge in [-0.25, -0.2) is 0 Å². The Kier molecular flexibility index (Phi) is 2.70. The maximum Gasteiger partial charge on any atom is 0.0711 e. The Morgan fingerprint density at radius 2 is 1.50 bits per heavy atom. The van der Waals surface area contributed by atoms with Crippen LogP contribution in [0.2, 0.25) is 0 Å². The van der Waals surface area contributed by atoms with Gasteiger partial charge in [0.2, 0.25) is 0 Å². The van der Waals surface area contributed by atoms with Crippen LogP contribution in [0.25, 0.3) is 10.1 Å². The largest absolute Gasteiger partial charge is 0.128 e. The number of halogens is 1. The van der Waals surface area contributed by atoms with Gasteiger partial charge in [-0.3, -0.25) is 0 Å². The minimum Gasteiger partial charge on any atom is -0.128 e. The zero-order valence-corrected chi connectivity index (χ0v) is 13.8. The number of hydrogen-bond acceptors (Lipinski definition) is 1. The van der Waals surface area contributed by atoms with E-state index in [0.717, 1.165) is 0 Å². The monoisotopic (exact) mass is 322 g/mol. The predicted octanol–water partition coefficient (Wildman–Crippen LogP) is 6.01. The fraction of sp³-hybridized carbons (Fsp3) is 0.500. The second kappa shape index (κ2) is 3.83. The predicted molar refractivity (Wildman–Crippen MR) is 84.8 cm³/mol. The molecular weight excluding hydrogens is 304 g/mol. The molecule has 1 aliphatic carbocycles. The summed E-state index contributed by atoms with van der Waals surface area (Å²) >= 11 is 5.45. The first-order valence-electron chi connectivity index (χ1n) is 6.54. The Bertz CT molecular complexity index is 566. The molecule has 96 valence electrons. The summed E-state index contributed by atoms with van der Waals surface area (Å²) in [7, 11) is 0. The van der Waals surface area contributed by atoms with E-state index in [9.17, 15) is 0 Å². The van der Waals surface area contributed by atoms with Crippen LogP contribution in [-0.4, -0.2) is 0 Å². The topological polar surface area (TPSA) is 0 Å². The molecule has 0 aliphatic heterocycles. The molecule has 0 saturated heterocycles. The van der Waals surface area contributed by atoms with Crippen molar-refractivity contribution in [3.05, 3.63) is 33.1 Å². The Hall–Kier alpha value is -0.340. The molecule has 0 nitrogen and oxygen atoms in total. The number of benzene rings is 1. The van der Waals surface area contributed by atoms with Crippen LogP contribution >= 0.6 is 27.3 Å². The van der Waals surface area contributed by atoms with Crippen molar-refractivity contribution in [1.29, 1.82) is 0 Å². The lowest BCUT2D eigenvalue weighted by Gasteiger charge is -2.41. The van der Waals surface area contributed by atoms with E-state index < -0.39 is 0 Å². The lowest BCUT2D eigenvalue weighted by atomic mass is 9.63. The van der Waals surface area contributed by atoms with E-state index >= 15 is 0 Å². The van der Waals surface area contributed by atoms with Crippen LogP contribution in [0.15, 0.2) is 22.0 Å². The Morgan fingerprint density at radius 3 is 2.11 bits per heavy atom. The zero-order valence-electron chi connectivity index (χ0n) is 11.4. The van der Waals surface area contributed by atoms with Crippen LogP contribution in [0.1, 0.15) is 51.7 Å². The van der Waals surface area contributed by atoms with Crippen LogP contribution in [0.5, 0.6) is 0 Å². The summed E-state index contributed by atoms with van der Waals surface area (Å²) in [5.74, 6) is 0. The molecule has 2 heteroatoms. The lowest BCUT2D eigenvalue weighted by molar-refractivity contribution is 0.332. The van der Waals surface area contributed by atoms with Gasteiger partial charge in [0.1, 0.15) is 0 Å². The number of thiophene rings is 1. The molecule has 0 N–H and O–H groups in total. The number of hydrogen-bond donors (Lipinski definition) is 0. The van der Waals surface area contributed by atoms with Crippen molar-refractivity contribution in [2.24, 2.45) is 0 Å². The molecule has 0 fully saturated rings. The van der Waals surface area contributed by atoms with Crippen molar-refractivity contribution in [3.8, 4) is 0 Å². The van der Waals surface area contributed by atoms with Gasteiger partial charge in [0.05, 0.1) is 3.79 Å². The Balaban J connectivity index is 2.34. The molecule has 0 bridgehead atoms. The molecule has 0 radical (unpaired) electrons. The second-order valence-corrected chi connectivity index (χ2v) is 9.22. The minimum atomic E-state index is 0.313. The summed E-state index contributed by atoms with van der Waals surface area (Å²) in [6, 6.07) is 7.10. The molecule has 18 heavy (non-hydrogen) atoms. The molecule has 0 saturated carbocycles. The molecule has 2 aromatic rings. The van der Waals surface area contributed by atoms with E-state index in [-0.39, 0.29) is 0 Å². The van der Waals surface area contributed by atoms with Crippen LogP contribution in [0, 0.1) is 0 Å². The van der Waals surface area contributed by atoms with Crippen LogP contribution in [-0.2, 0) is 10.8 Å². The standard InChI is InChI=1S/C16H19BrS/c1-15(2)5-6-16(3,4)12-9-13-10(7-11(12)15)8-14(17)18-13/h7-9H,5-6H2,1-4H3. The van der Waals surface area contributed by atoms with Crippen molar-refractivity contribution >= 4 is 37.4 Å². The summed E-state index contributed by atoms with van der Waals surface area (Å²) in [6.07, 6.45) is 2.56. The van der Waals surface area contributed by atoms with Gasteiger partial charge in [0.25, 0.3) is 0 Å². The van der Waals surface area contributed by atoms with Gasteiger partial charge in [-0.15, -0.1) is 11.3 Å². The van der Waals surface area contributed by atoms with Crippen molar-refractivity contribution in [1.82, 2.24) is 0 Å². The highest BCUT2D eigenvalue weighted by atomic mass is 79.9. The van der Waals surface area contributed by atoms with Crippen molar-refractivity contribution < 1.29 is 0 Å². The smallest absolute Gasteiger partial charge is 0.0711 e. The van der Waals surface area contributed by atoms with Crippen molar-refractivity contribution in [3.63, 3.8) is 0 Å². The van der Waals surface area contributed by atoms with E-state index in [2.05, 4.69) is 61.8 Å². The highest BCUT2D eigenvalue weighted by Gasteiger charge is 2.37. The van der Waals surface area contributed by atoms with Gasteiger partial charge >= 0.3 is 0 Å². The lowest BCUT2D eigenvalue weighted by Crippen LogP contribution is -2.33. The first-order valence-corrected chi connectivity index (χ1v) is 8.15. The van der Waals surface area contributed by atoms with Gasteiger partial charge in [-0.2, -0.15) is 0 Å². The number of fused-ring (bicyclic) bond motifs is 2. The zero-order chi connectivity index (χ0) is 13.1. The molecule has 1 aromatic heterocycles. The molecule has 3 rings (SSSR count). The number of rotatable bonds is 0. The molecule has 1 aliphatic rings. The van der Waals surface area contributed by atoms with Gasteiger partial charge in [-0.1, -0.05) is 27.7 Å². The highest BCUT2D eigenvalue weighted by molar-refractivity contribution is 9.11. The van der Waals surface area contributed by atoms with Crippen molar-refractivity contribution in [2.75, 3.05) is 0 Å². The molecule has 0 atom stereocenters. The maximum absolute atomic E-state index is 3.61. The van der Waals surface area contributed by atoms with Crippen LogP contribution in [0.4, 0.5) is 0 Å². The first-order chi connectivity index (χ1) is 8.29. The summed E-state index contributed by atoms with van der Waals surface area (Å²) in [5.41, 5.74) is 3.74. The quantitative estimate of drug-likeness (QED) is 0.557. The van der Waals surface area contributed by atoms with E-state index in [0.29, 0.717) is 10.8 Å². The highest BCUT2D eigenvalue weighted by Crippen LogP contribution is 2.48. The van der Waals surface area contributed by atoms with Gasteiger partial charge < -0.3 is 0 Å². The summed E-state index contributed by atoms with van der Waals surface area (Å²) in [5, 5.41) is 1.39. The average Bonchev–Trinajstić information content (AvgIpc) is 2.62. The fourth-order valence-corrected chi connectivity index (χ4v) is 4.65. The SMILES string of the molecule is CC1(C)CCC(C)(C)c2cc3sc(Br)cc3cc21. The minimum absolute atomic E-state index is 0.313. The maximum atomic E-state index is 3.61. The normalized spacial score (nSPS) is 20.9. The summed E-state index contributed by atoms with van der Waals surface area (Å²) < 4.78 is 2.64. The van der Waals surface area contributed by atoms with E-state index in [1.54, 1.807) is 11.1 Å². The first kappa shape index (κ1) is 12.7. The van der Waals surface area contributed by atoms with Gasteiger partial charge in [-0.05, 0) is 74.3 Å². The summed E-state index contributed by atoms with van der Waals surface area (Å²) in [6.45, 7) is 9.54. The summed E-state index contributed by atoms with van der Waals surface area (Å²) in [4.78, 5) is 0. The third-order valence-electron chi connectivity index (χ3n) is 4.46. The molecule has 0 amide bonds. The molecule has 0 unspecified atom stereocenters. The fourth-order valence-electron chi connectivity index (χ4n) is 3.07. The molecule has 1 heterocycles. The van der Waals surface area contributed by atoms with Gasteiger partial charge in [0, 0.05) is 4.70 Å². The molecular formula is C16H19BrS. The molecule has 0 spiro atoms. The average molecular weight is 323 g/mol. The third-order valence-corrected chi connectivity index (χ3v) is 6.06. The van der Waals surface area contributed by atoms with Crippen LogP contribution in [0.3, 0.4) is 0 Å². The Morgan fingerprint density at radius 1 is 0.944 bits per heavy atom. The van der Waals surface area contributed by atoms with Gasteiger partial charge in [0.15, 0.2) is 0 Å². The second-order valence-electron chi connectivity index (χ2n) is 6.75.